The number of rotatable bonds is 12. The highest BCUT2D eigenvalue weighted by Gasteiger charge is 1.98. The van der Waals surface area contributed by atoms with Crippen LogP contribution in [0.5, 0.6) is 0 Å². The molecule has 0 fully saturated rings. The molecule has 1 radical (unpaired) electrons. The largest absolute Gasteiger partial charge is 0.238 e. The molecule has 0 aliphatic heterocycles. The fraction of sp³-hybridized carbons (Fsp3) is 0.875. The number of hydrogen-bond acceptors (Lipinski definition) is 0. The average Bonchev–Trinajstić information content (AvgIpc) is 2.33. The topological polar surface area (TPSA) is 14.1 Å². The van der Waals surface area contributed by atoms with Gasteiger partial charge in [0.25, 0.3) is 0 Å². The molecule has 0 aromatic heterocycles. The third-order valence-electron chi connectivity index (χ3n) is 3.07. The molecule has 1 unspecified atom stereocenters. The van der Waals surface area contributed by atoms with E-state index in [1.54, 1.807) is 0 Å². The first-order valence-electron chi connectivity index (χ1n) is 7.62. The normalized spacial score (nSPS) is 13.4. The lowest BCUT2D eigenvalue weighted by Crippen LogP contribution is -2.18. The molecule has 0 heterocycles. The molecule has 0 saturated heterocycles. The fourth-order valence-corrected chi connectivity index (χ4v) is 1.85. The summed E-state index contributed by atoms with van der Waals surface area (Å²) in [7, 11) is 0. The van der Waals surface area contributed by atoms with Gasteiger partial charge in [-0.1, -0.05) is 58.1 Å². The molecule has 0 spiro atoms. The minimum Gasteiger partial charge on any atom is -0.238 e. The van der Waals surface area contributed by atoms with Crippen molar-refractivity contribution in [2.75, 3.05) is 6.54 Å². The van der Waals surface area contributed by atoms with Gasteiger partial charge in [-0.05, 0) is 32.6 Å². The van der Waals surface area contributed by atoms with Gasteiger partial charge < -0.3 is 0 Å². The van der Waals surface area contributed by atoms with Crippen LogP contribution in [0.25, 0.3) is 0 Å². The Bertz CT molecular complexity index is 163. The molecule has 0 bridgehead atoms. The third-order valence-corrected chi connectivity index (χ3v) is 3.07. The van der Waals surface area contributed by atoms with Gasteiger partial charge in [-0.25, -0.2) is 5.32 Å². The molecule has 0 aliphatic carbocycles. The molecule has 0 rings (SSSR count). The first-order chi connectivity index (χ1) is 8.31. The van der Waals surface area contributed by atoms with Crippen molar-refractivity contribution in [3.63, 3.8) is 0 Å². The zero-order valence-corrected chi connectivity index (χ0v) is 12.3. The number of unbranched alkanes of at least 4 members (excludes halogenated alkanes) is 6. The molecule has 101 valence electrons. The first kappa shape index (κ1) is 16.7. The maximum Gasteiger partial charge on any atom is 0.0252 e. The Balaban J connectivity index is 3.24. The quantitative estimate of drug-likeness (QED) is 0.332. The maximum absolute atomic E-state index is 4.68. The molecule has 0 N–H and O–H groups in total. The van der Waals surface area contributed by atoms with Crippen molar-refractivity contribution in [1.29, 1.82) is 0 Å². The van der Waals surface area contributed by atoms with Crippen molar-refractivity contribution in [1.82, 2.24) is 5.32 Å². The van der Waals surface area contributed by atoms with Crippen LogP contribution in [0.1, 0.15) is 78.6 Å². The Morgan fingerprint density at radius 1 is 0.882 bits per heavy atom. The average molecular weight is 238 g/mol. The predicted molar refractivity (Wildman–Crippen MR) is 78.5 cm³/mol. The monoisotopic (exact) mass is 238 g/mol. The van der Waals surface area contributed by atoms with Gasteiger partial charge in [-0.3, -0.25) is 0 Å². The Labute approximate surface area is 109 Å². The Morgan fingerprint density at radius 2 is 1.59 bits per heavy atom. The Kier molecular flexibility index (Phi) is 13.5. The summed E-state index contributed by atoms with van der Waals surface area (Å²) in [4.78, 5) is 0. The summed E-state index contributed by atoms with van der Waals surface area (Å²) in [6.45, 7) is 7.80. The van der Waals surface area contributed by atoms with E-state index >= 15 is 0 Å². The highest BCUT2D eigenvalue weighted by molar-refractivity contribution is 4.84. The predicted octanol–water partition coefficient (Wildman–Crippen LogP) is 5.09. The van der Waals surface area contributed by atoms with Gasteiger partial charge in [0.2, 0.25) is 0 Å². The lowest BCUT2D eigenvalue weighted by Gasteiger charge is -2.08. The molecule has 0 saturated carbocycles. The second kappa shape index (κ2) is 13.8. The molecule has 17 heavy (non-hydrogen) atoms. The third kappa shape index (κ3) is 13.6. The molecule has 0 amide bonds. The van der Waals surface area contributed by atoms with Crippen LogP contribution in [-0.4, -0.2) is 12.6 Å². The lowest BCUT2D eigenvalue weighted by atomic mass is 10.1. The summed E-state index contributed by atoms with van der Waals surface area (Å²) in [6.07, 6.45) is 16.3. The Hall–Kier alpha value is -0.300. The summed E-state index contributed by atoms with van der Waals surface area (Å²) in [6, 6.07) is 0.513. The lowest BCUT2D eigenvalue weighted by molar-refractivity contribution is 0.513. The van der Waals surface area contributed by atoms with Crippen LogP contribution in [0.3, 0.4) is 0 Å². The summed E-state index contributed by atoms with van der Waals surface area (Å²) < 4.78 is 0. The van der Waals surface area contributed by atoms with E-state index in [2.05, 4.69) is 38.2 Å². The first-order valence-corrected chi connectivity index (χ1v) is 7.62. The molecule has 1 heteroatoms. The zero-order chi connectivity index (χ0) is 12.8. The van der Waals surface area contributed by atoms with E-state index < -0.39 is 0 Å². The maximum atomic E-state index is 4.68. The van der Waals surface area contributed by atoms with Crippen LogP contribution in [-0.2, 0) is 0 Å². The number of allylic oxidation sites excluding steroid dienone is 1. The van der Waals surface area contributed by atoms with Crippen LogP contribution < -0.4 is 5.32 Å². The standard InChI is InChI=1S/C16H32N/c1-4-6-8-10-11-12-14-16(3)17-15-13-9-7-5-2/h11-12,16H,4-10,13-15H2,1-3H3/b12-11+. The van der Waals surface area contributed by atoms with Crippen molar-refractivity contribution >= 4 is 0 Å². The van der Waals surface area contributed by atoms with E-state index in [9.17, 15) is 0 Å². The second-order valence-corrected chi connectivity index (χ2v) is 5.02. The SMILES string of the molecule is CCCCC/C=C/CC(C)[N]CCCCCC. The summed E-state index contributed by atoms with van der Waals surface area (Å²) >= 11 is 0. The van der Waals surface area contributed by atoms with E-state index in [1.165, 1.54) is 51.4 Å². The van der Waals surface area contributed by atoms with Crippen molar-refractivity contribution < 1.29 is 0 Å². The van der Waals surface area contributed by atoms with Crippen LogP contribution in [0.15, 0.2) is 12.2 Å². The van der Waals surface area contributed by atoms with Gasteiger partial charge in [0, 0.05) is 12.6 Å². The summed E-state index contributed by atoms with van der Waals surface area (Å²) in [5, 5.41) is 4.68. The van der Waals surface area contributed by atoms with Crippen LogP contribution in [0.2, 0.25) is 0 Å². The summed E-state index contributed by atoms with van der Waals surface area (Å²) in [5.41, 5.74) is 0. The van der Waals surface area contributed by atoms with E-state index in [-0.39, 0.29) is 0 Å². The van der Waals surface area contributed by atoms with E-state index in [0.717, 1.165) is 13.0 Å². The molecule has 1 nitrogen and oxygen atoms in total. The molecular weight excluding hydrogens is 206 g/mol. The molecule has 0 aromatic rings. The van der Waals surface area contributed by atoms with Crippen molar-refractivity contribution in [2.45, 2.75) is 84.6 Å². The summed E-state index contributed by atoms with van der Waals surface area (Å²) in [5.74, 6) is 0. The minimum absolute atomic E-state index is 0.513. The number of nitrogens with zero attached hydrogens (tertiary/aromatic N) is 1. The van der Waals surface area contributed by atoms with Gasteiger partial charge >= 0.3 is 0 Å². The van der Waals surface area contributed by atoms with Gasteiger partial charge in [-0.15, -0.1) is 0 Å². The molecular formula is C16H32N. The highest BCUT2D eigenvalue weighted by atomic mass is 14.9. The Morgan fingerprint density at radius 3 is 2.29 bits per heavy atom. The van der Waals surface area contributed by atoms with Gasteiger partial charge in [0.1, 0.15) is 0 Å². The van der Waals surface area contributed by atoms with E-state index in [4.69, 9.17) is 0 Å². The fourth-order valence-electron chi connectivity index (χ4n) is 1.85. The van der Waals surface area contributed by atoms with E-state index in [0.29, 0.717) is 6.04 Å². The van der Waals surface area contributed by atoms with Gasteiger partial charge in [-0.2, -0.15) is 0 Å². The smallest absolute Gasteiger partial charge is 0.0252 e. The van der Waals surface area contributed by atoms with Gasteiger partial charge in [0.05, 0.1) is 0 Å². The van der Waals surface area contributed by atoms with Crippen LogP contribution in [0.4, 0.5) is 0 Å². The minimum atomic E-state index is 0.513. The number of hydrogen-bond donors (Lipinski definition) is 0. The highest BCUT2D eigenvalue weighted by Crippen LogP contribution is 2.03. The van der Waals surface area contributed by atoms with Crippen LogP contribution in [0, 0.1) is 0 Å². The van der Waals surface area contributed by atoms with Crippen molar-refractivity contribution in [3.05, 3.63) is 12.2 Å². The molecule has 0 aliphatic rings. The van der Waals surface area contributed by atoms with Crippen LogP contribution >= 0.6 is 0 Å². The van der Waals surface area contributed by atoms with Crippen molar-refractivity contribution in [2.24, 2.45) is 0 Å². The molecule has 1 atom stereocenters. The van der Waals surface area contributed by atoms with Gasteiger partial charge in [0.15, 0.2) is 0 Å². The van der Waals surface area contributed by atoms with Crippen molar-refractivity contribution in [3.8, 4) is 0 Å². The van der Waals surface area contributed by atoms with E-state index in [1.807, 2.05) is 0 Å². The second-order valence-electron chi connectivity index (χ2n) is 5.02. The zero-order valence-electron chi connectivity index (χ0n) is 12.3. The molecule has 0 aromatic carbocycles.